The number of halogens is 1. The normalized spacial score (nSPS) is 10.1. The summed E-state index contributed by atoms with van der Waals surface area (Å²) in [4.78, 5) is 11.6. The fourth-order valence-electron chi connectivity index (χ4n) is 1.08. The SMILES string of the molecule is O=C(c1ccc(F)cc1)c1ccsn1. The van der Waals surface area contributed by atoms with Gasteiger partial charge in [-0.3, -0.25) is 4.79 Å². The number of aromatic nitrogens is 1. The smallest absolute Gasteiger partial charge is 0.212 e. The van der Waals surface area contributed by atoms with Crippen molar-refractivity contribution >= 4 is 17.3 Å². The van der Waals surface area contributed by atoms with E-state index in [0.717, 1.165) is 0 Å². The van der Waals surface area contributed by atoms with Crippen LogP contribution in [0.5, 0.6) is 0 Å². The third-order valence-electron chi connectivity index (χ3n) is 1.78. The fourth-order valence-corrected chi connectivity index (χ4v) is 1.59. The summed E-state index contributed by atoms with van der Waals surface area (Å²) in [6.07, 6.45) is 0. The Morgan fingerprint density at radius 2 is 1.93 bits per heavy atom. The van der Waals surface area contributed by atoms with E-state index < -0.39 is 0 Å². The van der Waals surface area contributed by atoms with Crippen molar-refractivity contribution in [3.05, 3.63) is 52.8 Å². The maximum atomic E-state index is 12.6. The number of hydrogen-bond acceptors (Lipinski definition) is 3. The van der Waals surface area contributed by atoms with Crippen molar-refractivity contribution in [1.82, 2.24) is 4.37 Å². The Labute approximate surface area is 84.2 Å². The molecule has 1 aromatic heterocycles. The zero-order chi connectivity index (χ0) is 9.97. The first-order valence-corrected chi connectivity index (χ1v) is 4.81. The van der Waals surface area contributed by atoms with E-state index in [2.05, 4.69) is 4.37 Å². The molecule has 2 nitrogen and oxygen atoms in total. The number of carbonyl (C=O) groups excluding carboxylic acids is 1. The van der Waals surface area contributed by atoms with Crippen LogP contribution < -0.4 is 0 Å². The molecular formula is C10H6FNOS. The van der Waals surface area contributed by atoms with Crippen LogP contribution in [-0.2, 0) is 0 Å². The van der Waals surface area contributed by atoms with E-state index in [1.807, 2.05) is 0 Å². The molecule has 0 bridgehead atoms. The predicted octanol–water partition coefficient (Wildman–Crippen LogP) is 2.51. The molecule has 0 radical (unpaired) electrons. The summed E-state index contributed by atoms with van der Waals surface area (Å²) in [7, 11) is 0. The van der Waals surface area contributed by atoms with E-state index >= 15 is 0 Å². The molecule has 0 saturated carbocycles. The molecule has 0 spiro atoms. The highest BCUT2D eigenvalue weighted by Gasteiger charge is 2.10. The largest absolute Gasteiger partial charge is 0.287 e. The Morgan fingerprint density at radius 3 is 2.50 bits per heavy atom. The first kappa shape index (κ1) is 9.02. The van der Waals surface area contributed by atoms with Gasteiger partial charge in [0.2, 0.25) is 5.78 Å². The first-order chi connectivity index (χ1) is 6.77. The van der Waals surface area contributed by atoms with Crippen LogP contribution in [0.25, 0.3) is 0 Å². The minimum Gasteiger partial charge on any atom is -0.287 e. The molecule has 14 heavy (non-hydrogen) atoms. The molecule has 0 aliphatic rings. The summed E-state index contributed by atoms with van der Waals surface area (Å²) in [5.41, 5.74) is 0.860. The zero-order valence-electron chi connectivity index (χ0n) is 7.11. The average Bonchev–Trinajstić information content (AvgIpc) is 2.71. The molecule has 0 aliphatic carbocycles. The lowest BCUT2D eigenvalue weighted by Crippen LogP contribution is -2.00. The van der Waals surface area contributed by atoms with Crippen molar-refractivity contribution in [1.29, 1.82) is 0 Å². The van der Waals surface area contributed by atoms with Gasteiger partial charge in [0.15, 0.2) is 0 Å². The molecule has 0 saturated heterocycles. The van der Waals surface area contributed by atoms with Crippen LogP contribution in [0.2, 0.25) is 0 Å². The Hall–Kier alpha value is -1.55. The molecule has 0 amide bonds. The van der Waals surface area contributed by atoms with E-state index in [1.54, 1.807) is 11.4 Å². The number of nitrogens with zero attached hydrogens (tertiary/aromatic N) is 1. The lowest BCUT2D eigenvalue weighted by molar-refractivity contribution is 0.103. The van der Waals surface area contributed by atoms with E-state index in [-0.39, 0.29) is 11.6 Å². The average molecular weight is 207 g/mol. The Kier molecular flexibility index (Phi) is 2.37. The third-order valence-corrected chi connectivity index (χ3v) is 2.34. The summed E-state index contributed by atoms with van der Waals surface area (Å²) < 4.78 is 16.5. The summed E-state index contributed by atoms with van der Waals surface area (Å²) in [5.74, 6) is -0.522. The second-order valence-corrected chi connectivity index (χ2v) is 3.39. The first-order valence-electron chi connectivity index (χ1n) is 3.98. The number of ketones is 1. The van der Waals surface area contributed by atoms with E-state index in [9.17, 15) is 9.18 Å². The molecule has 0 fully saturated rings. The molecule has 0 aliphatic heterocycles. The highest BCUT2D eigenvalue weighted by molar-refractivity contribution is 7.03. The van der Waals surface area contributed by atoms with E-state index in [1.165, 1.54) is 35.8 Å². The van der Waals surface area contributed by atoms with Crippen molar-refractivity contribution in [3.63, 3.8) is 0 Å². The molecule has 1 heterocycles. The second kappa shape index (κ2) is 3.67. The Morgan fingerprint density at radius 1 is 1.21 bits per heavy atom. The van der Waals surface area contributed by atoms with Gasteiger partial charge in [0.05, 0.1) is 0 Å². The van der Waals surface area contributed by atoms with Gasteiger partial charge in [0, 0.05) is 10.9 Å². The van der Waals surface area contributed by atoms with Crippen LogP contribution in [0.15, 0.2) is 35.7 Å². The van der Waals surface area contributed by atoms with Gasteiger partial charge in [-0.25, -0.2) is 4.39 Å². The molecule has 2 rings (SSSR count). The van der Waals surface area contributed by atoms with Gasteiger partial charge in [-0.15, -0.1) is 0 Å². The van der Waals surface area contributed by atoms with Crippen molar-refractivity contribution in [2.24, 2.45) is 0 Å². The maximum Gasteiger partial charge on any atom is 0.212 e. The number of hydrogen-bond donors (Lipinski definition) is 0. The van der Waals surface area contributed by atoms with Crippen LogP contribution in [0.3, 0.4) is 0 Å². The summed E-state index contributed by atoms with van der Waals surface area (Å²) in [5, 5.41) is 1.73. The standard InChI is InChI=1S/C10H6FNOS/c11-8-3-1-7(2-4-8)10(13)9-5-6-14-12-9/h1-6H. The molecule has 4 heteroatoms. The van der Waals surface area contributed by atoms with Gasteiger partial charge in [-0.1, -0.05) is 0 Å². The zero-order valence-corrected chi connectivity index (χ0v) is 7.92. The van der Waals surface area contributed by atoms with E-state index in [4.69, 9.17) is 0 Å². The molecule has 70 valence electrons. The lowest BCUT2D eigenvalue weighted by atomic mass is 10.1. The van der Waals surface area contributed by atoms with Gasteiger partial charge in [0.1, 0.15) is 11.5 Å². The Balaban J connectivity index is 2.33. The minimum absolute atomic E-state index is 0.175. The molecule has 2 aromatic rings. The van der Waals surface area contributed by atoms with Crippen molar-refractivity contribution in [2.75, 3.05) is 0 Å². The Bertz CT molecular complexity index is 436. The number of rotatable bonds is 2. The quantitative estimate of drug-likeness (QED) is 0.708. The van der Waals surface area contributed by atoms with Crippen LogP contribution in [0.4, 0.5) is 4.39 Å². The van der Waals surface area contributed by atoms with Crippen LogP contribution >= 0.6 is 11.5 Å². The fraction of sp³-hybridized carbons (Fsp3) is 0. The maximum absolute atomic E-state index is 12.6. The lowest BCUT2D eigenvalue weighted by Gasteiger charge is -1.96. The molecule has 0 unspecified atom stereocenters. The van der Waals surface area contributed by atoms with Gasteiger partial charge >= 0.3 is 0 Å². The minimum atomic E-state index is -0.347. The molecular weight excluding hydrogens is 201 g/mol. The van der Waals surface area contributed by atoms with E-state index in [0.29, 0.717) is 11.3 Å². The van der Waals surface area contributed by atoms with Crippen LogP contribution in [0.1, 0.15) is 16.1 Å². The van der Waals surface area contributed by atoms with Crippen molar-refractivity contribution < 1.29 is 9.18 Å². The van der Waals surface area contributed by atoms with Gasteiger partial charge < -0.3 is 0 Å². The summed E-state index contributed by atoms with van der Waals surface area (Å²) >= 11 is 1.22. The number of carbonyl (C=O) groups is 1. The highest BCUT2D eigenvalue weighted by Crippen LogP contribution is 2.10. The van der Waals surface area contributed by atoms with Crippen LogP contribution in [0, 0.1) is 5.82 Å². The third kappa shape index (κ3) is 1.70. The van der Waals surface area contributed by atoms with Crippen molar-refractivity contribution in [3.8, 4) is 0 Å². The summed E-state index contributed by atoms with van der Waals surface area (Å²) in [6.45, 7) is 0. The van der Waals surface area contributed by atoms with Gasteiger partial charge in [0.25, 0.3) is 0 Å². The van der Waals surface area contributed by atoms with Crippen molar-refractivity contribution in [2.45, 2.75) is 0 Å². The van der Waals surface area contributed by atoms with Gasteiger partial charge in [-0.05, 0) is 41.9 Å². The second-order valence-electron chi connectivity index (χ2n) is 2.72. The predicted molar refractivity (Wildman–Crippen MR) is 51.9 cm³/mol. The summed E-state index contributed by atoms with van der Waals surface area (Å²) in [6, 6.07) is 7.09. The monoisotopic (exact) mass is 207 g/mol. The van der Waals surface area contributed by atoms with Gasteiger partial charge in [-0.2, -0.15) is 4.37 Å². The molecule has 0 atom stereocenters. The van der Waals surface area contributed by atoms with Crippen LogP contribution in [-0.4, -0.2) is 10.2 Å². The topological polar surface area (TPSA) is 30.0 Å². The molecule has 1 aromatic carbocycles. The number of benzene rings is 1. The molecule has 0 N–H and O–H groups in total. The highest BCUT2D eigenvalue weighted by atomic mass is 32.1.